The lowest BCUT2D eigenvalue weighted by atomic mass is 9.72. The number of anilines is 3. The summed E-state index contributed by atoms with van der Waals surface area (Å²) >= 11 is 0. The molecule has 0 fully saturated rings. The first-order valence-electron chi connectivity index (χ1n) is 26.8. The molecule has 16 rings (SSSR count). The van der Waals surface area contributed by atoms with Crippen LogP contribution in [-0.4, -0.2) is 0 Å². The van der Waals surface area contributed by atoms with Gasteiger partial charge in [-0.2, -0.15) is 0 Å². The molecular weight excluding hydrogens is 923 g/mol. The molecule has 3 heteroatoms. The molecule has 0 aliphatic heterocycles. The van der Waals surface area contributed by atoms with E-state index in [0.717, 1.165) is 55.9 Å². The second kappa shape index (κ2) is 15.1. The second-order valence-corrected chi connectivity index (χ2v) is 23.1. The molecular formula is C73H53NO2. The van der Waals surface area contributed by atoms with Crippen molar-refractivity contribution < 1.29 is 8.83 Å². The van der Waals surface area contributed by atoms with Gasteiger partial charge < -0.3 is 13.7 Å². The highest BCUT2D eigenvalue weighted by Gasteiger charge is 2.49. The molecule has 0 bridgehead atoms. The van der Waals surface area contributed by atoms with Crippen molar-refractivity contribution in [2.24, 2.45) is 0 Å². The molecule has 0 N–H and O–H groups in total. The predicted molar refractivity (Wildman–Crippen MR) is 317 cm³/mol. The van der Waals surface area contributed by atoms with E-state index < -0.39 is 0 Å². The lowest BCUT2D eigenvalue weighted by Crippen LogP contribution is -2.24. The summed E-state index contributed by atoms with van der Waals surface area (Å²) in [7, 11) is 0. The van der Waals surface area contributed by atoms with Crippen molar-refractivity contribution in [1.82, 2.24) is 0 Å². The molecule has 2 heterocycles. The van der Waals surface area contributed by atoms with Crippen LogP contribution in [0.15, 0.2) is 221 Å². The normalized spacial score (nSPS) is 15.0. The van der Waals surface area contributed by atoms with Gasteiger partial charge in [0.05, 0.1) is 0 Å². The topological polar surface area (TPSA) is 29.5 Å². The molecule has 2 aromatic heterocycles. The Bertz CT molecular complexity index is 4660. The van der Waals surface area contributed by atoms with Gasteiger partial charge in [0.15, 0.2) is 0 Å². The van der Waals surface area contributed by atoms with E-state index >= 15 is 0 Å². The Morgan fingerprint density at radius 3 is 1.55 bits per heavy atom. The third-order valence-corrected chi connectivity index (χ3v) is 18.0. The zero-order valence-corrected chi connectivity index (χ0v) is 43.5. The molecule has 3 nitrogen and oxygen atoms in total. The summed E-state index contributed by atoms with van der Waals surface area (Å²) < 4.78 is 14.0. The van der Waals surface area contributed by atoms with E-state index in [2.05, 4.69) is 259 Å². The quantitative estimate of drug-likeness (QED) is 0.172. The number of hydrogen-bond acceptors (Lipinski definition) is 3. The predicted octanol–water partition coefficient (Wildman–Crippen LogP) is 20.4. The molecule has 0 radical (unpaired) electrons. The fourth-order valence-corrected chi connectivity index (χ4v) is 14.3. The Morgan fingerprint density at radius 1 is 0.316 bits per heavy atom. The molecule has 0 atom stereocenters. The minimum absolute atomic E-state index is 0.239. The Balaban J connectivity index is 0.908. The third-order valence-electron chi connectivity index (χ3n) is 18.0. The molecule has 0 saturated heterocycles. The molecule has 362 valence electrons. The van der Waals surface area contributed by atoms with Gasteiger partial charge in [0, 0.05) is 66.0 Å². The zero-order chi connectivity index (χ0) is 51.0. The molecule has 0 unspecified atom stereocenters. The summed E-state index contributed by atoms with van der Waals surface area (Å²) in [6.45, 7) is 14.6. The lowest BCUT2D eigenvalue weighted by Gasteiger charge is -2.32. The van der Waals surface area contributed by atoms with E-state index in [-0.39, 0.29) is 16.2 Å². The van der Waals surface area contributed by atoms with Crippen LogP contribution in [0.25, 0.3) is 110 Å². The van der Waals surface area contributed by atoms with E-state index in [1.54, 1.807) is 0 Å². The fourth-order valence-electron chi connectivity index (χ4n) is 14.3. The minimum Gasteiger partial charge on any atom is -0.455 e. The molecule has 11 aromatic carbocycles. The standard InChI is InChI=1S/C73H53NO2/c1-71(2)57-39-48(34-36-51(57)62-59(71)41-55(46-29-28-43-20-10-11-21-45(43)38-46)69-64(62)53-23-13-16-26-60(53)75-69)74(47-32-30-44(31-33-47)42-18-8-7-9-19-42)49-35-37-52-58(40-49)73(5,6)67-63(52)65-54-24-14-17-27-61(54)76-70(65)66-50-22-12-15-25-56(50)72(3,4)68(66)67/h7-41H,1-6H3. The van der Waals surface area contributed by atoms with E-state index in [0.29, 0.717) is 0 Å². The van der Waals surface area contributed by atoms with Crippen molar-refractivity contribution in [2.75, 3.05) is 4.90 Å². The van der Waals surface area contributed by atoms with E-state index in [1.165, 1.54) is 105 Å². The van der Waals surface area contributed by atoms with Gasteiger partial charge in [-0.1, -0.05) is 193 Å². The molecule has 3 aliphatic carbocycles. The fraction of sp³-hybridized carbons (Fsp3) is 0.123. The highest BCUT2D eigenvalue weighted by Crippen LogP contribution is 2.64. The van der Waals surface area contributed by atoms with Crippen LogP contribution in [0.5, 0.6) is 0 Å². The molecule has 0 spiro atoms. The van der Waals surface area contributed by atoms with Crippen LogP contribution in [-0.2, 0) is 16.2 Å². The molecule has 0 amide bonds. The summed E-state index contributed by atoms with van der Waals surface area (Å²) in [6.07, 6.45) is 0. The average Bonchev–Trinajstić information content (AvgIpc) is 4.38. The average molecular weight is 976 g/mol. The van der Waals surface area contributed by atoms with Gasteiger partial charge in [-0.25, -0.2) is 0 Å². The number of fused-ring (bicyclic) bond motifs is 20. The van der Waals surface area contributed by atoms with Gasteiger partial charge >= 0.3 is 0 Å². The van der Waals surface area contributed by atoms with Crippen LogP contribution in [0.4, 0.5) is 17.1 Å². The van der Waals surface area contributed by atoms with Crippen molar-refractivity contribution in [3.63, 3.8) is 0 Å². The Labute approximate surface area is 442 Å². The van der Waals surface area contributed by atoms with Gasteiger partial charge in [0.1, 0.15) is 22.3 Å². The number of para-hydroxylation sites is 2. The van der Waals surface area contributed by atoms with Gasteiger partial charge in [-0.15, -0.1) is 0 Å². The van der Waals surface area contributed by atoms with Crippen molar-refractivity contribution in [3.8, 4) is 55.6 Å². The van der Waals surface area contributed by atoms with Crippen LogP contribution in [0.1, 0.15) is 74.9 Å². The third kappa shape index (κ3) is 5.72. The first-order valence-corrected chi connectivity index (χ1v) is 26.8. The summed E-state index contributed by atoms with van der Waals surface area (Å²) in [5, 5.41) is 7.15. The number of rotatable bonds is 5. The number of benzene rings is 11. The van der Waals surface area contributed by atoms with E-state index in [9.17, 15) is 0 Å². The number of nitrogens with zero attached hydrogens (tertiary/aromatic N) is 1. The molecule has 76 heavy (non-hydrogen) atoms. The number of furan rings is 2. The SMILES string of the molecule is CC1(C)c2cc(N(c3ccc(-c4ccccc4)cc3)c3ccc4c(c3)C(C)(C)c3c5c(c6oc7ccccc7c6c3-4)-c3ccccc3C5(C)C)ccc2-c2c1cc(-c1ccc3ccccc3c1)c1oc3ccccc3c21. The zero-order valence-electron chi connectivity index (χ0n) is 43.5. The van der Waals surface area contributed by atoms with Gasteiger partial charge in [0.2, 0.25) is 0 Å². The second-order valence-electron chi connectivity index (χ2n) is 23.1. The van der Waals surface area contributed by atoms with Gasteiger partial charge in [-0.3, -0.25) is 0 Å². The van der Waals surface area contributed by atoms with Crippen LogP contribution < -0.4 is 4.90 Å². The molecule has 13 aromatic rings. The summed E-state index contributed by atoms with van der Waals surface area (Å²) in [5.74, 6) is 0. The maximum absolute atomic E-state index is 7.02. The molecule has 3 aliphatic rings. The number of hydrogen-bond donors (Lipinski definition) is 0. The van der Waals surface area contributed by atoms with Gasteiger partial charge in [-0.05, 0) is 149 Å². The van der Waals surface area contributed by atoms with Gasteiger partial charge in [0.25, 0.3) is 0 Å². The largest absolute Gasteiger partial charge is 0.455 e. The first kappa shape index (κ1) is 43.5. The monoisotopic (exact) mass is 975 g/mol. The smallest absolute Gasteiger partial charge is 0.144 e. The Hall–Kier alpha value is -8.92. The summed E-state index contributed by atoms with van der Waals surface area (Å²) in [5.41, 5.74) is 26.6. The highest BCUT2D eigenvalue weighted by atomic mass is 16.3. The van der Waals surface area contributed by atoms with Crippen LogP contribution >= 0.6 is 0 Å². The minimum atomic E-state index is -0.345. The Kier molecular flexibility index (Phi) is 8.65. The van der Waals surface area contributed by atoms with Crippen LogP contribution in [0.2, 0.25) is 0 Å². The van der Waals surface area contributed by atoms with Crippen molar-refractivity contribution in [3.05, 3.63) is 246 Å². The van der Waals surface area contributed by atoms with Crippen LogP contribution in [0, 0.1) is 0 Å². The van der Waals surface area contributed by atoms with Crippen molar-refractivity contribution >= 4 is 71.7 Å². The maximum atomic E-state index is 7.02. The van der Waals surface area contributed by atoms with E-state index in [1.807, 2.05) is 0 Å². The van der Waals surface area contributed by atoms with Crippen molar-refractivity contribution in [1.29, 1.82) is 0 Å². The summed E-state index contributed by atoms with van der Waals surface area (Å²) in [6, 6.07) is 78.4. The van der Waals surface area contributed by atoms with E-state index in [4.69, 9.17) is 8.83 Å². The van der Waals surface area contributed by atoms with Crippen LogP contribution in [0.3, 0.4) is 0 Å². The summed E-state index contributed by atoms with van der Waals surface area (Å²) in [4.78, 5) is 2.49. The highest BCUT2D eigenvalue weighted by molar-refractivity contribution is 6.22. The van der Waals surface area contributed by atoms with Crippen molar-refractivity contribution in [2.45, 2.75) is 57.8 Å². The maximum Gasteiger partial charge on any atom is 0.144 e. The lowest BCUT2D eigenvalue weighted by molar-refractivity contribution is 0.600. The first-order chi connectivity index (χ1) is 37.0. The molecule has 0 saturated carbocycles. The Morgan fingerprint density at radius 2 is 0.829 bits per heavy atom.